The minimum atomic E-state index is -1.87. The van der Waals surface area contributed by atoms with Gasteiger partial charge >= 0.3 is 6.03 Å². The number of hydrogen-bond acceptors (Lipinski definition) is 5. The van der Waals surface area contributed by atoms with Gasteiger partial charge in [0, 0.05) is 21.4 Å². The van der Waals surface area contributed by atoms with Crippen LogP contribution in [0.3, 0.4) is 0 Å². The molecule has 0 fully saturated rings. The molecule has 0 radical (unpaired) electrons. The molecule has 0 saturated heterocycles. The number of halogens is 8. The van der Waals surface area contributed by atoms with Gasteiger partial charge in [0.05, 0.1) is 0 Å². The summed E-state index contributed by atoms with van der Waals surface area (Å²) in [5, 5.41) is -6.81. The van der Waals surface area contributed by atoms with Crippen molar-refractivity contribution in [3.63, 3.8) is 0 Å². The SMILES string of the molecule is O=C(N(CN(F)F)CN(F)F)N(CN(F)F)CN(F)F. The van der Waals surface area contributed by atoms with E-state index in [-0.39, 0.29) is 9.80 Å². The highest BCUT2D eigenvalue weighted by molar-refractivity contribution is 5.74. The highest BCUT2D eigenvalue weighted by atomic mass is 19.4. The smallest absolute Gasteiger partial charge is 0.288 e. The second kappa shape index (κ2) is 8.67. The van der Waals surface area contributed by atoms with Crippen molar-refractivity contribution in [1.82, 2.24) is 31.2 Å². The van der Waals surface area contributed by atoms with E-state index in [0.717, 1.165) is 0 Å². The number of carbonyl (C=O) groups excluding carboxylic acids is 1. The van der Waals surface area contributed by atoms with Gasteiger partial charge in [0.15, 0.2) is 0 Å². The highest BCUT2D eigenvalue weighted by Gasteiger charge is 2.28. The zero-order chi connectivity index (χ0) is 15.9. The zero-order valence-corrected chi connectivity index (χ0v) is 9.44. The van der Waals surface area contributed by atoms with Crippen LogP contribution in [-0.4, -0.2) is 63.9 Å². The predicted molar refractivity (Wildman–Crippen MR) is 44.8 cm³/mol. The summed E-state index contributed by atoms with van der Waals surface area (Å²) in [4.78, 5) is 10.7. The first kappa shape index (κ1) is 18.6. The summed E-state index contributed by atoms with van der Waals surface area (Å²) < 4.78 is 95.4. The summed E-state index contributed by atoms with van der Waals surface area (Å²) in [5.41, 5.74) is 0. The molecule has 15 heteroatoms. The molecular weight excluding hydrogens is 312 g/mol. The second-order valence-electron chi connectivity index (χ2n) is 3.14. The van der Waals surface area contributed by atoms with Gasteiger partial charge in [0.1, 0.15) is 26.7 Å². The van der Waals surface area contributed by atoms with Crippen molar-refractivity contribution in [2.75, 3.05) is 26.7 Å². The standard InChI is InChI=1S/C5H8F8N6O/c6-16(7)1-14(2-17(8)9)5(20)15(3-18(10)11)4-19(12)13/h1-4H2. The van der Waals surface area contributed by atoms with Crippen molar-refractivity contribution < 1.29 is 40.6 Å². The Kier molecular flexibility index (Phi) is 8.04. The molecule has 0 aromatic carbocycles. The molecule has 0 aliphatic rings. The molecule has 0 unspecified atom stereocenters. The molecule has 2 amide bonds. The number of hydrogen-bond donors (Lipinski definition) is 0. The van der Waals surface area contributed by atoms with Crippen LogP contribution in [-0.2, 0) is 0 Å². The first-order valence-electron chi connectivity index (χ1n) is 4.53. The normalized spacial score (nSPS) is 11.8. The maximum Gasteiger partial charge on any atom is 0.324 e. The van der Waals surface area contributed by atoms with Gasteiger partial charge in [0.25, 0.3) is 0 Å². The van der Waals surface area contributed by atoms with Gasteiger partial charge in [-0.2, -0.15) is 0 Å². The molecule has 0 heterocycles. The van der Waals surface area contributed by atoms with Gasteiger partial charge in [-0.15, -0.1) is 0 Å². The van der Waals surface area contributed by atoms with E-state index in [4.69, 9.17) is 0 Å². The maximum atomic E-state index is 11.9. The highest BCUT2D eigenvalue weighted by Crippen LogP contribution is 2.08. The van der Waals surface area contributed by atoms with Gasteiger partial charge in [-0.25, -0.2) is 4.79 Å². The first-order valence-corrected chi connectivity index (χ1v) is 4.53. The van der Waals surface area contributed by atoms with Crippen LogP contribution < -0.4 is 0 Å². The van der Waals surface area contributed by atoms with Crippen LogP contribution in [0.5, 0.6) is 0 Å². The van der Waals surface area contributed by atoms with Crippen LogP contribution in [0, 0.1) is 0 Å². The minimum Gasteiger partial charge on any atom is -0.288 e. The molecule has 0 spiro atoms. The van der Waals surface area contributed by atoms with Crippen molar-refractivity contribution in [3.05, 3.63) is 0 Å². The maximum absolute atomic E-state index is 11.9. The van der Waals surface area contributed by atoms with Crippen molar-refractivity contribution in [2.45, 2.75) is 0 Å². The fourth-order valence-electron chi connectivity index (χ4n) is 1.05. The van der Waals surface area contributed by atoms with Gasteiger partial charge in [0.2, 0.25) is 0 Å². The van der Waals surface area contributed by atoms with E-state index in [0.29, 0.717) is 0 Å². The second-order valence-corrected chi connectivity index (χ2v) is 3.14. The Morgan fingerprint density at radius 3 is 0.900 bits per heavy atom. The van der Waals surface area contributed by atoms with Crippen LogP contribution in [0.2, 0.25) is 0 Å². The molecule has 0 saturated carbocycles. The third-order valence-corrected chi connectivity index (χ3v) is 1.65. The van der Waals surface area contributed by atoms with Gasteiger partial charge < -0.3 is 0 Å². The Morgan fingerprint density at radius 2 is 0.750 bits per heavy atom. The molecule has 0 aliphatic heterocycles. The predicted octanol–water partition coefficient (Wildman–Crippen LogP) is 1.82. The number of urea groups is 1. The summed E-state index contributed by atoms with van der Waals surface area (Å²) in [7, 11) is 0. The Labute approximate surface area is 106 Å². The van der Waals surface area contributed by atoms with E-state index < -0.39 is 54.1 Å². The van der Waals surface area contributed by atoms with Gasteiger partial charge in [-0.3, -0.25) is 9.80 Å². The van der Waals surface area contributed by atoms with E-state index in [1.54, 1.807) is 0 Å². The molecule has 0 rings (SSSR count). The van der Waals surface area contributed by atoms with Crippen molar-refractivity contribution in [3.8, 4) is 0 Å². The lowest BCUT2D eigenvalue weighted by Crippen LogP contribution is -2.51. The van der Waals surface area contributed by atoms with Gasteiger partial charge in [-0.05, 0) is 0 Å². The first-order chi connectivity index (χ1) is 9.13. The van der Waals surface area contributed by atoms with Crippen molar-refractivity contribution in [2.24, 2.45) is 0 Å². The molecule has 0 aromatic rings. The summed E-state index contributed by atoms with van der Waals surface area (Å²) in [6.45, 7) is -6.79. The van der Waals surface area contributed by atoms with Crippen LogP contribution in [0.1, 0.15) is 0 Å². The Morgan fingerprint density at radius 1 is 0.550 bits per heavy atom. The summed E-state index contributed by atoms with van der Waals surface area (Å²) in [5.74, 6) is 0. The molecular formula is C5H8F8N6O. The average Bonchev–Trinajstić information content (AvgIpc) is 2.23. The number of amides is 2. The van der Waals surface area contributed by atoms with Crippen molar-refractivity contribution in [1.29, 1.82) is 0 Å². The van der Waals surface area contributed by atoms with E-state index in [1.165, 1.54) is 0 Å². The molecule has 0 N–H and O–H groups in total. The Bertz CT molecular complexity index is 247. The largest absolute Gasteiger partial charge is 0.324 e. The van der Waals surface area contributed by atoms with E-state index >= 15 is 0 Å². The molecule has 0 aliphatic carbocycles. The number of rotatable bonds is 8. The molecule has 0 bridgehead atoms. The van der Waals surface area contributed by atoms with Crippen LogP contribution in [0.4, 0.5) is 40.6 Å². The third-order valence-electron chi connectivity index (χ3n) is 1.65. The number of nitrogens with zero attached hydrogens (tertiary/aromatic N) is 6. The lowest BCUT2D eigenvalue weighted by molar-refractivity contribution is -0.228. The summed E-state index contributed by atoms with van der Waals surface area (Å²) >= 11 is 0. The number of carbonyl (C=O) groups is 1. The Balaban J connectivity index is 4.91. The zero-order valence-electron chi connectivity index (χ0n) is 9.44. The van der Waals surface area contributed by atoms with E-state index in [2.05, 4.69) is 0 Å². The van der Waals surface area contributed by atoms with Crippen LogP contribution >= 0.6 is 0 Å². The fourth-order valence-corrected chi connectivity index (χ4v) is 1.05. The van der Waals surface area contributed by atoms with Crippen LogP contribution in [0.25, 0.3) is 0 Å². The third kappa shape index (κ3) is 7.87. The molecule has 120 valence electrons. The lowest BCUT2D eigenvalue weighted by Gasteiger charge is -2.29. The quantitative estimate of drug-likeness (QED) is 0.387. The van der Waals surface area contributed by atoms with Crippen molar-refractivity contribution >= 4 is 6.03 Å². The molecule has 20 heavy (non-hydrogen) atoms. The summed E-state index contributed by atoms with van der Waals surface area (Å²) in [6.07, 6.45) is 0. The van der Waals surface area contributed by atoms with E-state index in [9.17, 15) is 40.6 Å². The monoisotopic (exact) mass is 320 g/mol. The van der Waals surface area contributed by atoms with E-state index in [1.807, 2.05) is 0 Å². The minimum absolute atomic E-state index is 0.326. The molecule has 0 aromatic heterocycles. The van der Waals surface area contributed by atoms with Gasteiger partial charge in [-0.1, -0.05) is 35.9 Å². The topological polar surface area (TPSA) is 36.5 Å². The van der Waals surface area contributed by atoms with Crippen LogP contribution in [0.15, 0.2) is 0 Å². The lowest BCUT2D eigenvalue weighted by atomic mass is 10.6. The fraction of sp³-hybridized carbons (Fsp3) is 0.800. The summed E-state index contributed by atoms with van der Waals surface area (Å²) in [6, 6.07) is -1.87. The Hall–Kier alpha value is -1.45. The molecule has 0 atom stereocenters. The average molecular weight is 320 g/mol. The molecule has 7 nitrogen and oxygen atoms in total.